The minimum atomic E-state index is 0.615. The molecule has 18 heavy (non-hydrogen) atoms. The summed E-state index contributed by atoms with van der Waals surface area (Å²) in [7, 11) is 1.66. The topological polar surface area (TPSA) is 68.3 Å². The van der Waals surface area contributed by atoms with E-state index in [0.717, 1.165) is 24.0 Å². The maximum atomic E-state index is 5.36. The van der Waals surface area contributed by atoms with E-state index in [1.54, 1.807) is 7.11 Å². The Bertz CT molecular complexity index is 347. The van der Waals surface area contributed by atoms with Crippen molar-refractivity contribution in [1.82, 2.24) is 9.97 Å². The largest absolute Gasteiger partial charge is 0.382 e. The van der Waals surface area contributed by atoms with E-state index in [0.29, 0.717) is 26.4 Å². The Hall–Kier alpha value is -1.40. The van der Waals surface area contributed by atoms with E-state index in [9.17, 15) is 0 Å². The van der Waals surface area contributed by atoms with Crippen molar-refractivity contribution in [2.45, 2.75) is 13.8 Å². The summed E-state index contributed by atoms with van der Waals surface area (Å²) in [5, 5.41) is 6.37. The minimum Gasteiger partial charge on any atom is -0.382 e. The summed E-state index contributed by atoms with van der Waals surface area (Å²) >= 11 is 0. The molecule has 0 unspecified atom stereocenters. The molecule has 6 nitrogen and oxygen atoms in total. The van der Waals surface area contributed by atoms with Gasteiger partial charge in [-0.15, -0.1) is 0 Å². The molecule has 0 aromatic carbocycles. The number of hydrogen-bond acceptors (Lipinski definition) is 6. The molecule has 0 aliphatic carbocycles. The lowest BCUT2D eigenvalue weighted by atomic mass is 10.4. The third-order valence-electron chi connectivity index (χ3n) is 2.18. The highest BCUT2D eigenvalue weighted by molar-refractivity contribution is 5.47. The summed E-state index contributed by atoms with van der Waals surface area (Å²) in [5.41, 5.74) is 0. The number of aryl methyl sites for hydroxylation is 1. The van der Waals surface area contributed by atoms with Crippen LogP contribution in [0.2, 0.25) is 0 Å². The summed E-state index contributed by atoms with van der Waals surface area (Å²) in [6.45, 7) is 7.33. The number of ether oxygens (including phenoxy) is 2. The number of anilines is 2. The first-order valence-corrected chi connectivity index (χ1v) is 6.16. The number of rotatable bonds is 9. The molecule has 0 saturated heterocycles. The summed E-state index contributed by atoms with van der Waals surface area (Å²) in [5.74, 6) is 2.40. The van der Waals surface area contributed by atoms with Crippen LogP contribution in [0.5, 0.6) is 0 Å². The van der Waals surface area contributed by atoms with Crippen molar-refractivity contribution >= 4 is 11.6 Å². The van der Waals surface area contributed by atoms with Gasteiger partial charge >= 0.3 is 0 Å². The van der Waals surface area contributed by atoms with Crippen LogP contribution < -0.4 is 10.6 Å². The second-order valence-corrected chi connectivity index (χ2v) is 3.75. The van der Waals surface area contributed by atoms with Crippen LogP contribution >= 0.6 is 0 Å². The standard InChI is InChI=1S/C12H22N4O2/c1-4-13-11-9-12(16-10(2)15-11)14-5-6-18-8-7-17-3/h9H,4-8H2,1-3H3,(H2,13,14,15,16). The molecule has 0 radical (unpaired) electrons. The molecule has 0 saturated carbocycles. The van der Waals surface area contributed by atoms with E-state index in [1.165, 1.54) is 0 Å². The molecule has 1 rings (SSSR count). The molecule has 1 aromatic heterocycles. The van der Waals surface area contributed by atoms with E-state index in [2.05, 4.69) is 20.6 Å². The van der Waals surface area contributed by atoms with Crippen LogP contribution in [0.3, 0.4) is 0 Å². The van der Waals surface area contributed by atoms with Gasteiger partial charge in [-0.2, -0.15) is 0 Å². The number of methoxy groups -OCH3 is 1. The molecule has 1 heterocycles. The first-order valence-electron chi connectivity index (χ1n) is 6.16. The van der Waals surface area contributed by atoms with Gasteiger partial charge in [0.05, 0.1) is 19.8 Å². The SMILES string of the molecule is CCNc1cc(NCCOCCOC)nc(C)n1. The number of hydrogen-bond donors (Lipinski definition) is 2. The van der Waals surface area contributed by atoms with Gasteiger partial charge in [-0.3, -0.25) is 0 Å². The summed E-state index contributed by atoms with van der Waals surface area (Å²) in [6, 6.07) is 1.89. The second-order valence-electron chi connectivity index (χ2n) is 3.75. The third kappa shape index (κ3) is 5.79. The van der Waals surface area contributed by atoms with Crippen molar-refractivity contribution in [3.8, 4) is 0 Å². The Balaban J connectivity index is 2.32. The highest BCUT2D eigenvalue weighted by Gasteiger charge is 2.00. The van der Waals surface area contributed by atoms with Crippen molar-refractivity contribution in [2.24, 2.45) is 0 Å². The number of nitrogens with zero attached hydrogens (tertiary/aromatic N) is 2. The molecule has 0 aliphatic rings. The molecule has 0 amide bonds. The van der Waals surface area contributed by atoms with E-state index >= 15 is 0 Å². The molecule has 0 fully saturated rings. The number of aromatic nitrogens is 2. The maximum absolute atomic E-state index is 5.36. The van der Waals surface area contributed by atoms with Gasteiger partial charge in [0.1, 0.15) is 17.5 Å². The average Bonchev–Trinajstić information content (AvgIpc) is 2.33. The summed E-state index contributed by atoms with van der Waals surface area (Å²) in [4.78, 5) is 8.59. The normalized spacial score (nSPS) is 10.4. The molecular formula is C12H22N4O2. The van der Waals surface area contributed by atoms with Crippen molar-refractivity contribution < 1.29 is 9.47 Å². The zero-order chi connectivity index (χ0) is 13.2. The monoisotopic (exact) mass is 254 g/mol. The van der Waals surface area contributed by atoms with Crippen molar-refractivity contribution in [2.75, 3.05) is 50.7 Å². The van der Waals surface area contributed by atoms with Gasteiger partial charge in [0.2, 0.25) is 0 Å². The molecule has 0 aliphatic heterocycles. The fourth-order valence-electron chi connectivity index (χ4n) is 1.43. The first kappa shape index (κ1) is 14.7. The van der Waals surface area contributed by atoms with Gasteiger partial charge < -0.3 is 20.1 Å². The van der Waals surface area contributed by atoms with Crippen molar-refractivity contribution in [3.05, 3.63) is 11.9 Å². The van der Waals surface area contributed by atoms with Crippen LogP contribution in [-0.4, -0.2) is 50.0 Å². The Labute approximate surface area is 108 Å². The first-order chi connectivity index (χ1) is 8.76. The Morgan fingerprint density at radius 1 is 1.11 bits per heavy atom. The van der Waals surface area contributed by atoms with Gasteiger partial charge in [0.15, 0.2) is 0 Å². The molecule has 102 valence electrons. The Kier molecular flexibility index (Phi) is 7.05. The van der Waals surface area contributed by atoms with Crippen LogP contribution in [0, 0.1) is 6.92 Å². The molecule has 0 spiro atoms. The third-order valence-corrected chi connectivity index (χ3v) is 2.18. The van der Waals surface area contributed by atoms with Crippen molar-refractivity contribution in [1.29, 1.82) is 0 Å². The summed E-state index contributed by atoms with van der Waals surface area (Å²) < 4.78 is 10.2. The maximum Gasteiger partial charge on any atom is 0.131 e. The van der Waals surface area contributed by atoms with Crippen LogP contribution in [0.1, 0.15) is 12.7 Å². The Morgan fingerprint density at radius 3 is 2.50 bits per heavy atom. The predicted octanol–water partition coefficient (Wildman–Crippen LogP) is 1.29. The zero-order valence-corrected chi connectivity index (χ0v) is 11.3. The van der Waals surface area contributed by atoms with E-state index < -0.39 is 0 Å². The highest BCUT2D eigenvalue weighted by Crippen LogP contribution is 2.10. The predicted molar refractivity (Wildman–Crippen MR) is 72.1 cm³/mol. The molecule has 2 N–H and O–H groups in total. The van der Waals surface area contributed by atoms with Crippen LogP contribution in [-0.2, 0) is 9.47 Å². The van der Waals surface area contributed by atoms with Gasteiger partial charge in [-0.05, 0) is 13.8 Å². The van der Waals surface area contributed by atoms with Crippen LogP contribution in [0.4, 0.5) is 11.6 Å². The fraction of sp³-hybridized carbons (Fsp3) is 0.667. The van der Waals surface area contributed by atoms with Crippen molar-refractivity contribution in [3.63, 3.8) is 0 Å². The molecular weight excluding hydrogens is 232 g/mol. The van der Waals surface area contributed by atoms with E-state index in [4.69, 9.17) is 9.47 Å². The Morgan fingerprint density at radius 2 is 1.83 bits per heavy atom. The van der Waals surface area contributed by atoms with Gasteiger partial charge in [-0.25, -0.2) is 9.97 Å². The summed E-state index contributed by atoms with van der Waals surface area (Å²) in [6.07, 6.45) is 0. The van der Waals surface area contributed by atoms with Crippen LogP contribution in [0.15, 0.2) is 6.07 Å². The van der Waals surface area contributed by atoms with Gasteiger partial charge in [0.25, 0.3) is 0 Å². The lowest BCUT2D eigenvalue weighted by Gasteiger charge is -2.09. The molecule has 0 atom stereocenters. The van der Waals surface area contributed by atoms with Gasteiger partial charge in [-0.1, -0.05) is 0 Å². The quantitative estimate of drug-likeness (QED) is 0.647. The molecule has 0 bridgehead atoms. The fourth-order valence-corrected chi connectivity index (χ4v) is 1.43. The van der Waals surface area contributed by atoms with Crippen LogP contribution in [0.25, 0.3) is 0 Å². The lowest BCUT2D eigenvalue weighted by molar-refractivity contribution is 0.0759. The van der Waals surface area contributed by atoms with E-state index in [-0.39, 0.29) is 0 Å². The second kappa shape index (κ2) is 8.66. The average molecular weight is 254 g/mol. The minimum absolute atomic E-state index is 0.615. The zero-order valence-electron chi connectivity index (χ0n) is 11.3. The number of nitrogens with one attached hydrogen (secondary N) is 2. The molecule has 1 aromatic rings. The lowest BCUT2D eigenvalue weighted by Crippen LogP contribution is -2.13. The van der Waals surface area contributed by atoms with E-state index in [1.807, 2.05) is 19.9 Å². The van der Waals surface area contributed by atoms with Gasteiger partial charge in [0, 0.05) is 26.3 Å². The highest BCUT2D eigenvalue weighted by atomic mass is 16.5. The smallest absolute Gasteiger partial charge is 0.131 e. The molecule has 6 heteroatoms.